The maximum atomic E-state index is 12.9. The lowest BCUT2D eigenvalue weighted by atomic mass is 9.75. The van der Waals surface area contributed by atoms with Gasteiger partial charge < -0.3 is 15.0 Å². The summed E-state index contributed by atoms with van der Waals surface area (Å²) in [6.45, 7) is 5.36. The summed E-state index contributed by atoms with van der Waals surface area (Å²) < 4.78 is 7.59. The molecule has 2 unspecified atom stereocenters. The lowest BCUT2D eigenvalue weighted by Crippen LogP contribution is -2.53. The van der Waals surface area contributed by atoms with Crippen LogP contribution in [0.3, 0.4) is 0 Å². The third-order valence-corrected chi connectivity index (χ3v) is 6.48. The minimum absolute atomic E-state index is 0.117. The number of amides is 2. The number of aromatic nitrogens is 2. The van der Waals surface area contributed by atoms with Crippen molar-refractivity contribution in [3.05, 3.63) is 18.0 Å². The first-order chi connectivity index (χ1) is 12.2. The monoisotopic (exact) mass is 346 g/mol. The summed E-state index contributed by atoms with van der Waals surface area (Å²) in [5.74, 6) is 0. The Hall–Kier alpha value is -1.56. The van der Waals surface area contributed by atoms with Crippen molar-refractivity contribution in [1.29, 1.82) is 0 Å². The Labute approximate surface area is 149 Å². The van der Waals surface area contributed by atoms with Crippen LogP contribution in [-0.2, 0) is 4.74 Å². The van der Waals surface area contributed by atoms with E-state index in [1.165, 1.54) is 18.4 Å². The van der Waals surface area contributed by atoms with Crippen molar-refractivity contribution in [2.45, 2.75) is 64.0 Å². The number of ether oxygens (including phenoxy) is 1. The molecule has 3 heterocycles. The zero-order valence-electron chi connectivity index (χ0n) is 15.2. The van der Waals surface area contributed by atoms with Gasteiger partial charge in [0.15, 0.2) is 0 Å². The molecule has 0 aromatic carbocycles. The molecule has 1 spiro atoms. The summed E-state index contributed by atoms with van der Waals surface area (Å²) in [6, 6.07) is 0.733. The Kier molecular flexibility index (Phi) is 4.71. The van der Waals surface area contributed by atoms with E-state index in [9.17, 15) is 4.79 Å². The van der Waals surface area contributed by atoms with E-state index in [0.717, 1.165) is 58.4 Å². The Morgan fingerprint density at radius 3 is 2.88 bits per heavy atom. The smallest absolute Gasteiger partial charge is 0.317 e. The molecule has 0 bridgehead atoms. The van der Waals surface area contributed by atoms with Crippen molar-refractivity contribution in [3.8, 4) is 0 Å². The third kappa shape index (κ3) is 3.41. The number of nitrogens with zero attached hydrogens (tertiary/aromatic N) is 3. The fourth-order valence-electron chi connectivity index (χ4n) is 4.97. The Morgan fingerprint density at radius 1 is 1.28 bits per heavy atom. The molecule has 2 amide bonds. The van der Waals surface area contributed by atoms with Crippen molar-refractivity contribution < 1.29 is 9.53 Å². The largest absolute Gasteiger partial charge is 0.381 e. The predicted molar refractivity (Wildman–Crippen MR) is 95.5 cm³/mol. The summed E-state index contributed by atoms with van der Waals surface area (Å²) in [6.07, 6.45) is 11.9. The second-order valence-electron chi connectivity index (χ2n) is 8.11. The van der Waals surface area contributed by atoms with Crippen molar-refractivity contribution in [2.24, 2.45) is 5.41 Å². The maximum Gasteiger partial charge on any atom is 0.317 e. The quantitative estimate of drug-likeness (QED) is 0.896. The molecule has 1 aromatic heterocycles. The number of likely N-dealkylation sites (tertiary alicyclic amines) is 1. The molecule has 3 fully saturated rings. The molecule has 3 aliphatic rings. The molecular formula is C19H30N4O2. The minimum atomic E-state index is 0.117. The van der Waals surface area contributed by atoms with Crippen LogP contribution in [0.25, 0.3) is 0 Å². The molecule has 1 aliphatic carbocycles. The van der Waals surface area contributed by atoms with Gasteiger partial charge in [0.1, 0.15) is 0 Å². The molecule has 2 aliphatic heterocycles. The highest BCUT2D eigenvalue weighted by atomic mass is 16.5. The predicted octanol–water partition coefficient (Wildman–Crippen LogP) is 2.89. The maximum absolute atomic E-state index is 12.9. The van der Waals surface area contributed by atoms with Crippen LogP contribution in [0.2, 0.25) is 0 Å². The SMILES string of the molecule is Cc1cnn(C2CCCN(C(=O)NC3CCCC34CCOCC4)C2)c1. The molecule has 138 valence electrons. The first-order valence-corrected chi connectivity index (χ1v) is 9.80. The molecule has 0 radical (unpaired) electrons. The topological polar surface area (TPSA) is 59.4 Å². The van der Waals surface area contributed by atoms with Gasteiger partial charge in [0.25, 0.3) is 0 Å². The number of carbonyl (C=O) groups excluding carboxylic acids is 1. The zero-order chi connectivity index (χ0) is 17.3. The zero-order valence-corrected chi connectivity index (χ0v) is 15.2. The van der Waals surface area contributed by atoms with Gasteiger partial charge in [-0.25, -0.2) is 4.79 Å². The van der Waals surface area contributed by atoms with E-state index in [4.69, 9.17) is 4.74 Å². The fourth-order valence-corrected chi connectivity index (χ4v) is 4.97. The van der Waals surface area contributed by atoms with E-state index >= 15 is 0 Å². The summed E-state index contributed by atoms with van der Waals surface area (Å²) in [5.41, 5.74) is 1.45. The van der Waals surface area contributed by atoms with E-state index in [1.807, 2.05) is 15.8 Å². The number of rotatable bonds is 2. The molecule has 25 heavy (non-hydrogen) atoms. The molecular weight excluding hydrogens is 316 g/mol. The van der Waals surface area contributed by atoms with E-state index in [-0.39, 0.29) is 11.4 Å². The van der Waals surface area contributed by atoms with Crippen LogP contribution >= 0.6 is 0 Å². The summed E-state index contributed by atoms with van der Waals surface area (Å²) in [4.78, 5) is 14.9. The van der Waals surface area contributed by atoms with E-state index in [2.05, 4.69) is 23.5 Å². The van der Waals surface area contributed by atoms with Crippen molar-refractivity contribution in [1.82, 2.24) is 20.0 Å². The van der Waals surface area contributed by atoms with Gasteiger partial charge in [-0.1, -0.05) is 6.42 Å². The van der Waals surface area contributed by atoms with Gasteiger partial charge in [-0.2, -0.15) is 5.10 Å². The number of hydrogen-bond acceptors (Lipinski definition) is 3. The van der Waals surface area contributed by atoms with Crippen molar-refractivity contribution >= 4 is 6.03 Å². The van der Waals surface area contributed by atoms with E-state index in [0.29, 0.717) is 12.1 Å². The van der Waals surface area contributed by atoms with Crippen LogP contribution in [0.5, 0.6) is 0 Å². The Bertz CT molecular complexity index is 608. The standard InChI is InChI=1S/C19H30N4O2/c1-15-12-20-23(13-15)16-4-3-9-22(14-16)18(24)21-17-5-2-6-19(17)7-10-25-11-8-19/h12-13,16-17H,2-11,14H2,1H3,(H,21,24). The molecule has 4 rings (SSSR count). The van der Waals surface area contributed by atoms with Crippen LogP contribution in [0.15, 0.2) is 12.4 Å². The van der Waals surface area contributed by atoms with Crippen LogP contribution in [0.4, 0.5) is 4.79 Å². The van der Waals surface area contributed by atoms with Gasteiger partial charge in [-0.3, -0.25) is 4.68 Å². The van der Waals surface area contributed by atoms with E-state index < -0.39 is 0 Å². The lowest BCUT2D eigenvalue weighted by molar-refractivity contribution is 0.00517. The highest BCUT2D eigenvalue weighted by molar-refractivity contribution is 5.74. The first-order valence-electron chi connectivity index (χ1n) is 9.80. The third-order valence-electron chi connectivity index (χ3n) is 6.48. The molecule has 2 saturated heterocycles. The van der Waals surface area contributed by atoms with Crippen LogP contribution < -0.4 is 5.32 Å². The van der Waals surface area contributed by atoms with E-state index in [1.54, 1.807) is 0 Å². The van der Waals surface area contributed by atoms with Crippen LogP contribution in [0, 0.1) is 12.3 Å². The average Bonchev–Trinajstić information content (AvgIpc) is 3.23. The second kappa shape index (κ2) is 6.98. The summed E-state index contributed by atoms with van der Waals surface area (Å²) in [7, 11) is 0. The van der Waals surface area contributed by atoms with Crippen LogP contribution in [-0.4, -0.2) is 53.1 Å². The number of carbonyl (C=O) groups is 1. The lowest BCUT2D eigenvalue weighted by Gasteiger charge is -2.40. The summed E-state index contributed by atoms with van der Waals surface area (Å²) >= 11 is 0. The number of hydrogen-bond donors (Lipinski definition) is 1. The fraction of sp³-hybridized carbons (Fsp3) is 0.789. The number of urea groups is 1. The second-order valence-corrected chi connectivity index (χ2v) is 8.11. The van der Waals surface area contributed by atoms with Gasteiger partial charge >= 0.3 is 6.03 Å². The Balaban J connectivity index is 1.39. The van der Waals surface area contributed by atoms with Gasteiger partial charge in [-0.05, 0) is 56.4 Å². The van der Waals surface area contributed by atoms with Crippen molar-refractivity contribution in [2.75, 3.05) is 26.3 Å². The first kappa shape index (κ1) is 16.9. The number of nitrogens with one attached hydrogen (secondary N) is 1. The number of aryl methyl sites for hydroxylation is 1. The molecule has 1 saturated carbocycles. The average molecular weight is 346 g/mol. The molecule has 1 N–H and O–H groups in total. The van der Waals surface area contributed by atoms with Gasteiger partial charge in [0.05, 0.1) is 12.2 Å². The minimum Gasteiger partial charge on any atom is -0.381 e. The van der Waals surface area contributed by atoms with Crippen LogP contribution in [0.1, 0.15) is 56.6 Å². The van der Waals surface area contributed by atoms with Gasteiger partial charge in [-0.15, -0.1) is 0 Å². The normalized spacial score (nSPS) is 29.1. The van der Waals surface area contributed by atoms with Gasteiger partial charge in [0, 0.05) is 38.5 Å². The molecule has 2 atom stereocenters. The summed E-state index contributed by atoms with van der Waals surface area (Å²) in [5, 5.41) is 7.84. The van der Waals surface area contributed by atoms with Gasteiger partial charge in [0.2, 0.25) is 0 Å². The molecule has 1 aromatic rings. The highest BCUT2D eigenvalue weighted by Gasteiger charge is 2.45. The highest BCUT2D eigenvalue weighted by Crippen LogP contribution is 2.46. The Morgan fingerprint density at radius 2 is 2.12 bits per heavy atom. The number of piperidine rings is 1. The molecule has 6 nitrogen and oxygen atoms in total. The molecule has 6 heteroatoms. The van der Waals surface area contributed by atoms with Crippen molar-refractivity contribution in [3.63, 3.8) is 0 Å².